The van der Waals surface area contributed by atoms with Crippen molar-refractivity contribution in [2.24, 2.45) is 0 Å². The lowest BCUT2D eigenvalue weighted by Gasteiger charge is -2.27. The van der Waals surface area contributed by atoms with Crippen LogP contribution in [0, 0.1) is 6.92 Å². The van der Waals surface area contributed by atoms with E-state index in [9.17, 15) is 9.59 Å². The van der Waals surface area contributed by atoms with Crippen molar-refractivity contribution in [3.05, 3.63) is 80.4 Å². The van der Waals surface area contributed by atoms with Crippen molar-refractivity contribution in [2.75, 3.05) is 12.0 Å². The number of benzene rings is 1. The Morgan fingerprint density at radius 3 is 2.72 bits per heavy atom. The number of H-pyrrole nitrogens is 1. The normalized spacial score (nSPS) is 16.3. The Labute approximate surface area is 143 Å². The summed E-state index contributed by atoms with van der Waals surface area (Å²) in [4.78, 5) is 28.3. The monoisotopic (exact) mass is 339 g/mol. The number of aryl methyl sites for hydroxylation is 1. The Kier molecular flexibility index (Phi) is 3.77. The van der Waals surface area contributed by atoms with Gasteiger partial charge in [-0.25, -0.2) is 9.36 Å². The fourth-order valence-corrected chi connectivity index (χ4v) is 3.17. The Hall–Kier alpha value is -3.06. The van der Waals surface area contributed by atoms with E-state index < -0.39 is 5.69 Å². The highest BCUT2D eigenvalue weighted by Gasteiger charge is 2.26. The molecule has 0 amide bonds. The van der Waals surface area contributed by atoms with Crippen LogP contribution in [0.1, 0.15) is 16.9 Å². The number of hydrogen-bond acceptors (Lipinski definition) is 4. The number of rotatable bonds is 3. The molecule has 1 aliphatic heterocycles. The highest BCUT2D eigenvalue weighted by Crippen LogP contribution is 2.17. The van der Waals surface area contributed by atoms with Gasteiger partial charge >= 0.3 is 5.69 Å². The molecule has 0 aliphatic carbocycles. The lowest BCUT2D eigenvalue weighted by atomic mass is 10.2. The lowest BCUT2D eigenvalue weighted by molar-refractivity contribution is -0.926. The van der Waals surface area contributed by atoms with Crippen LogP contribution >= 0.6 is 0 Å². The third kappa shape index (κ3) is 2.89. The summed E-state index contributed by atoms with van der Waals surface area (Å²) in [7, 11) is 0. The predicted molar refractivity (Wildman–Crippen MR) is 93.0 cm³/mol. The molecule has 2 aromatic heterocycles. The zero-order valence-electron chi connectivity index (χ0n) is 13.8. The van der Waals surface area contributed by atoms with E-state index in [0.29, 0.717) is 31.1 Å². The molecule has 25 heavy (non-hydrogen) atoms. The lowest BCUT2D eigenvalue weighted by Crippen LogP contribution is -3.11. The summed E-state index contributed by atoms with van der Waals surface area (Å²) < 4.78 is 6.92. The van der Waals surface area contributed by atoms with E-state index in [4.69, 9.17) is 4.42 Å². The smallest absolute Gasteiger partial charge is 0.334 e. The van der Waals surface area contributed by atoms with Gasteiger partial charge in [-0.15, -0.1) is 0 Å². The maximum absolute atomic E-state index is 12.4. The van der Waals surface area contributed by atoms with Gasteiger partial charge in [0.1, 0.15) is 24.5 Å². The van der Waals surface area contributed by atoms with Crippen LogP contribution in [0.15, 0.2) is 56.7 Å². The first-order chi connectivity index (χ1) is 12.1. The maximum atomic E-state index is 12.4. The molecule has 0 spiro atoms. The number of fused-ring (bicyclic) bond motifs is 1. The quantitative estimate of drug-likeness (QED) is 0.645. The summed E-state index contributed by atoms with van der Waals surface area (Å²) in [5.74, 6) is 1.43. The summed E-state index contributed by atoms with van der Waals surface area (Å²) in [5, 5.41) is 3.25. The summed E-state index contributed by atoms with van der Waals surface area (Å²) in [6.45, 7) is 3.78. The van der Waals surface area contributed by atoms with Gasteiger partial charge in [0, 0.05) is 0 Å². The van der Waals surface area contributed by atoms with Gasteiger partial charge in [0.25, 0.3) is 5.56 Å². The number of furan rings is 1. The van der Waals surface area contributed by atoms with E-state index in [0.717, 1.165) is 21.9 Å². The van der Waals surface area contributed by atoms with Crippen molar-refractivity contribution in [1.82, 2.24) is 9.55 Å². The third-order valence-electron chi connectivity index (χ3n) is 4.44. The van der Waals surface area contributed by atoms with Crippen molar-refractivity contribution in [3.8, 4) is 5.69 Å². The first-order valence-corrected chi connectivity index (χ1v) is 8.17. The van der Waals surface area contributed by atoms with Gasteiger partial charge in [0.15, 0.2) is 12.4 Å². The topological polar surface area (TPSA) is 84.5 Å². The predicted octanol–water partition coefficient (Wildman–Crippen LogP) is 0.395. The Bertz CT molecular complexity index is 1000. The van der Waals surface area contributed by atoms with Crippen molar-refractivity contribution < 1.29 is 9.32 Å². The van der Waals surface area contributed by atoms with E-state index in [-0.39, 0.29) is 5.56 Å². The fraction of sp³-hybridized carbons (Fsp3) is 0.222. The SMILES string of the molecule is Cc1ccc(-n2c3c(c(=O)[nH]c2=O)C[NH+](Cc2ccco2)CN3)cc1. The van der Waals surface area contributed by atoms with Crippen molar-refractivity contribution in [2.45, 2.75) is 20.0 Å². The van der Waals surface area contributed by atoms with Crippen LogP contribution in [0.25, 0.3) is 5.69 Å². The van der Waals surface area contributed by atoms with Crippen LogP contribution < -0.4 is 21.5 Å². The molecule has 1 aromatic carbocycles. The average molecular weight is 339 g/mol. The van der Waals surface area contributed by atoms with Crippen LogP contribution in [0.3, 0.4) is 0 Å². The summed E-state index contributed by atoms with van der Waals surface area (Å²) in [6.07, 6.45) is 1.64. The van der Waals surface area contributed by atoms with E-state index >= 15 is 0 Å². The number of nitrogens with zero attached hydrogens (tertiary/aromatic N) is 1. The van der Waals surface area contributed by atoms with E-state index in [1.807, 2.05) is 43.3 Å². The molecule has 7 nitrogen and oxygen atoms in total. The van der Waals surface area contributed by atoms with Crippen LogP contribution in [-0.4, -0.2) is 16.2 Å². The Morgan fingerprint density at radius 1 is 1.20 bits per heavy atom. The van der Waals surface area contributed by atoms with Crippen LogP contribution in [0.5, 0.6) is 0 Å². The average Bonchev–Trinajstić information content (AvgIpc) is 3.10. The summed E-state index contributed by atoms with van der Waals surface area (Å²) >= 11 is 0. The van der Waals surface area contributed by atoms with Crippen LogP contribution in [0.4, 0.5) is 5.82 Å². The molecule has 4 rings (SSSR count). The minimum absolute atomic E-state index is 0.340. The second-order valence-corrected chi connectivity index (χ2v) is 6.29. The van der Waals surface area contributed by atoms with Gasteiger partial charge in [-0.1, -0.05) is 17.7 Å². The number of aromatic nitrogens is 2. The molecule has 3 aromatic rings. The molecule has 128 valence electrons. The first kappa shape index (κ1) is 15.5. The number of hydrogen-bond donors (Lipinski definition) is 3. The number of quaternary nitrogens is 1. The van der Waals surface area contributed by atoms with Gasteiger partial charge in [0.05, 0.1) is 12.0 Å². The minimum Gasteiger partial charge on any atom is -0.463 e. The van der Waals surface area contributed by atoms with Crippen molar-refractivity contribution in [1.29, 1.82) is 0 Å². The molecular formula is C18H19N4O3+. The molecular weight excluding hydrogens is 320 g/mol. The molecule has 0 fully saturated rings. The van der Waals surface area contributed by atoms with E-state index in [1.54, 1.807) is 6.26 Å². The molecule has 0 saturated carbocycles. The van der Waals surface area contributed by atoms with E-state index in [2.05, 4.69) is 10.3 Å². The highest BCUT2D eigenvalue weighted by molar-refractivity contribution is 5.51. The minimum atomic E-state index is -0.436. The van der Waals surface area contributed by atoms with Crippen molar-refractivity contribution in [3.63, 3.8) is 0 Å². The van der Waals surface area contributed by atoms with E-state index in [1.165, 1.54) is 4.57 Å². The second kappa shape index (κ2) is 6.10. The maximum Gasteiger partial charge on any atom is 0.334 e. The first-order valence-electron chi connectivity index (χ1n) is 8.17. The Balaban J connectivity index is 1.74. The number of nitrogens with one attached hydrogen (secondary N) is 3. The molecule has 0 saturated heterocycles. The number of aromatic amines is 1. The van der Waals surface area contributed by atoms with Gasteiger partial charge < -0.3 is 14.6 Å². The standard InChI is InChI=1S/C18H18N4O3/c1-12-4-6-13(7-5-12)22-16-15(17(23)20-18(22)24)10-21(11-19-16)9-14-3-2-8-25-14/h2-8,19H,9-11H2,1H3,(H,20,23,24)/p+1. The third-order valence-corrected chi connectivity index (χ3v) is 4.44. The van der Waals surface area contributed by atoms with Crippen LogP contribution in [-0.2, 0) is 13.1 Å². The van der Waals surface area contributed by atoms with Gasteiger partial charge in [0.2, 0.25) is 0 Å². The van der Waals surface area contributed by atoms with Crippen molar-refractivity contribution >= 4 is 5.82 Å². The van der Waals surface area contributed by atoms with Gasteiger partial charge in [-0.2, -0.15) is 0 Å². The highest BCUT2D eigenvalue weighted by atomic mass is 16.3. The zero-order chi connectivity index (χ0) is 17.4. The fourth-order valence-electron chi connectivity index (χ4n) is 3.17. The molecule has 1 aliphatic rings. The zero-order valence-corrected chi connectivity index (χ0v) is 13.8. The molecule has 7 heteroatoms. The Morgan fingerprint density at radius 2 is 2.00 bits per heavy atom. The molecule has 3 N–H and O–H groups in total. The summed E-state index contributed by atoms with van der Waals surface area (Å²) in [6, 6.07) is 11.4. The molecule has 0 radical (unpaired) electrons. The molecule has 3 heterocycles. The van der Waals surface area contributed by atoms with Gasteiger partial charge in [-0.05, 0) is 31.2 Å². The summed E-state index contributed by atoms with van der Waals surface area (Å²) in [5.41, 5.74) is 1.64. The largest absolute Gasteiger partial charge is 0.463 e. The van der Waals surface area contributed by atoms with Crippen LogP contribution in [0.2, 0.25) is 0 Å². The molecule has 0 bridgehead atoms. The molecule has 1 atom stereocenters. The number of anilines is 1. The molecule has 1 unspecified atom stereocenters. The second-order valence-electron chi connectivity index (χ2n) is 6.29. The van der Waals surface area contributed by atoms with Gasteiger partial charge in [-0.3, -0.25) is 9.78 Å².